The van der Waals surface area contributed by atoms with Gasteiger partial charge in [-0.1, -0.05) is 0 Å². The summed E-state index contributed by atoms with van der Waals surface area (Å²) in [6.45, 7) is 0. The largest absolute Gasteiger partial charge is 0.262 e. The molecular formula is C9H3N5. The average Bonchev–Trinajstić information content (AvgIpc) is 2.61. The molecule has 2 rings (SSSR count). The standard InChI is InChI=1S/C9H3N5/c10-1-6-3-12-4-7(2-11)9-8(6)13-5-14-9/h3-5H. The van der Waals surface area contributed by atoms with Crippen molar-refractivity contribution < 1.29 is 0 Å². The number of hydrogen-bond donors (Lipinski definition) is 0. The quantitative estimate of drug-likeness (QED) is 0.597. The smallest absolute Gasteiger partial charge is 0.117 e. The van der Waals surface area contributed by atoms with Gasteiger partial charge in [0.15, 0.2) is 0 Å². The van der Waals surface area contributed by atoms with Crippen LogP contribution in [0.15, 0.2) is 18.7 Å². The van der Waals surface area contributed by atoms with Crippen LogP contribution in [0.4, 0.5) is 0 Å². The van der Waals surface area contributed by atoms with E-state index in [1.54, 1.807) is 0 Å². The maximum absolute atomic E-state index is 8.79. The van der Waals surface area contributed by atoms with Gasteiger partial charge >= 0.3 is 0 Å². The first-order chi connectivity index (χ1) is 6.86. The van der Waals surface area contributed by atoms with Crippen LogP contribution in [0, 0.1) is 22.7 Å². The highest BCUT2D eigenvalue weighted by molar-refractivity contribution is 5.68. The number of aromatic nitrogens is 3. The minimum Gasteiger partial charge on any atom is -0.262 e. The van der Waals surface area contributed by atoms with Crippen LogP contribution in [-0.4, -0.2) is 15.0 Å². The van der Waals surface area contributed by atoms with Crippen molar-refractivity contribution in [1.82, 2.24) is 15.0 Å². The van der Waals surface area contributed by atoms with Crippen LogP contribution in [0.3, 0.4) is 0 Å². The lowest BCUT2D eigenvalue weighted by molar-refractivity contribution is 1.29. The van der Waals surface area contributed by atoms with Gasteiger partial charge in [-0.15, -0.1) is 0 Å². The molecule has 0 fully saturated rings. The molecule has 0 aromatic heterocycles. The molecule has 0 bridgehead atoms. The van der Waals surface area contributed by atoms with Crippen molar-refractivity contribution in [2.75, 3.05) is 0 Å². The number of nitriles is 2. The van der Waals surface area contributed by atoms with E-state index in [2.05, 4.69) is 15.0 Å². The Labute approximate surface area is 79.6 Å². The lowest BCUT2D eigenvalue weighted by atomic mass is 10.1. The van der Waals surface area contributed by atoms with E-state index in [1.807, 2.05) is 12.1 Å². The van der Waals surface area contributed by atoms with E-state index < -0.39 is 0 Å². The molecule has 0 N–H and O–H groups in total. The number of rotatable bonds is 0. The Hall–Kier alpha value is -2.53. The molecule has 0 saturated carbocycles. The fourth-order valence-corrected chi connectivity index (χ4v) is 1.13. The van der Waals surface area contributed by atoms with Gasteiger partial charge in [-0.3, -0.25) is 4.98 Å². The molecule has 5 nitrogen and oxygen atoms in total. The molecular weight excluding hydrogens is 178 g/mol. The highest BCUT2D eigenvalue weighted by Gasteiger charge is 2.14. The second-order valence-corrected chi connectivity index (χ2v) is 2.53. The predicted molar refractivity (Wildman–Crippen MR) is 45.9 cm³/mol. The van der Waals surface area contributed by atoms with Gasteiger partial charge in [-0.2, -0.15) is 10.5 Å². The second-order valence-electron chi connectivity index (χ2n) is 2.53. The molecule has 0 saturated heterocycles. The third-order valence-electron chi connectivity index (χ3n) is 1.76. The summed E-state index contributed by atoms with van der Waals surface area (Å²) in [5, 5.41) is 17.6. The van der Waals surface area contributed by atoms with Gasteiger partial charge in [-0.05, 0) is 0 Å². The Morgan fingerprint density at radius 2 is 1.43 bits per heavy atom. The fraction of sp³-hybridized carbons (Fsp3) is 0. The Morgan fingerprint density at radius 1 is 0.929 bits per heavy atom. The summed E-state index contributed by atoms with van der Waals surface area (Å²) in [5.74, 6) is 0. The summed E-state index contributed by atoms with van der Waals surface area (Å²) in [6.07, 6.45) is 4.07. The summed E-state index contributed by atoms with van der Waals surface area (Å²) in [7, 11) is 0. The second kappa shape index (κ2) is 3.08. The SMILES string of the molecule is N#Cc1cncc(C#N)c2ncnc1-2. The van der Waals surface area contributed by atoms with Gasteiger partial charge in [0.05, 0.1) is 11.1 Å². The Bertz CT molecular complexity index is 488. The molecule has 0 atom stereocenters. The van der Waals surface area contributed by atoms with Gasteiger partial charge in [0.25, 0.3) is 0 Å². The van der Waals surface area contributed by atoms with E-state index in [4.69, 9.17) is 10.5 Å². The minimum absolute atomic E-state index is 0.319. The number of nitrogens with zero attached hydrogens (tertiary/aromatic N) is 5. The van der Waals surface area contributed by atoms with Crippen LogP contribution < -0.4 is 0 Å². The monoisotopic (exact) mass is 181 g/mol. The average molecular weight is 181 g/mol. The van der Waals surface area contributed by atoms with E-state index in [0.717, 1.165) is 0 Å². The third-order valence-corrected chi connectivity index (χ3v) is 1.76. The summed E-state index contributed by atoms with van der Waals surface area (Å²) < 4.78 is 0. The van der Waals surface area contributed by atoms with Crippen molar-refractivity contribution in [1.29, 1.82) is 10.5 Å². The first-order valence-corrected chi connectivity index (χ1v) is 3.75. The number of fused-ring (bicyclic) bond motifs is 1. The van der Waals surface area contributed by atoms with Gasteiger partial charge in [0, 0.05) is 12.4 Å². The fourth-order valence-electron chi connectivity index (χ4n) is 1.13. The summed E-state index contributed by atoms with van der Waals surface area (Å²) in [5.41, 5.74) is 1.47. The van der Waals surface area contributed by atoms with Crippen molar-refractivity contribution in [3.05, 3.63) is 29.8 Å². The Morgan fingerprint density at radius 3 is 1.86 bits per heavy atom. The van der Waals surface area contributed by atoms with E-state index in [-0.39, 0.29) is 0 Å². The zero-order chi connectivity index (χ0) is 9.97. The zero-order valence-electron chi connectivity index (χ0n) is 6.97. The molecule has 0 unspecified atom stereocenters. The van der Waals surface area contributed by atoms with Gasteiger partial charge in [0.1, 0.15) is 29.9 Å². The summed E-state index contributed by atoms with van der Waals surface area (Å²) in [6, 6.07) is 3.91. The van der Waals surface area contributed by atoms with Crippen LogP contribution in [0.1, 0.15) is 11.1 Å². The molecule has 5 heteroatoms. The van der Waals surface area contributed by atoms with Crippen LogP contribution in [-0.2, 0) is 0 Å². The first kappa shape index (κ1) is 8.09. The molecule has 2 heterocycles. The van der Waals surface area contributed by atoms with Crippen molar-refractivity contribution in [3.8, 4) is 23.5 Å². The molecule has 2 aliphatic heterocycles. The van der Waals surface area contributed by atoms with Crippen LogP contribution >= 0.6 is 0 Å². The molecule has 64 valence electrons. The predicted octanol–water partition coefficient (Wildman–Crippen LogP) is 0.720. The molecule has 14 heavy (non-hydrogen) atoms. The normalized spacial score (nSPS) is 9.29. The van der Waals surface area contributed by atoms with Crippen molar-refractivity contribution in [3.63, 3.8) is 0 Å². The van der Waals surface area contributed by atoms with Crippen LogP contribution in [0.5, 0.6) is 0 Å². The molecule has 0 aromatic carbocycles. The lowest BCUT2D eigenvalue weighted by Crippen LogP contribution is -1.83. The van der Waals surface area contributed by atoms with Crippen molar-refractivity contribution in [2.45, 2.75) is 0 Å². The summed E-state index contributed by atoms with van der Waals surface area (Å²) in [4.78, 5) is 11.6. The maximum Gasteiger partial charge on any atom is 0.117 e. The topological polar surface area (TPSA) is 86.2 Å². The highest BCUT2D eigenvalue weighted by Crippen LogP contribution is 2.21. The van der Waals surface area contributed by atoms with E-state index in [9.17, 15) is 0 Å². The Balaban J connectivity index is 2.84. The van der Waals surface area contributed by atoms with E-state index in [1.165, 1.54) is 18.7 Å². The highest BCUT2D eigenvalue weighted by atomic mass is 14.9. The third kappa shape index (κ3) is 1.05. The lowest BCUT2D eigenvalue weighted by Gasteiger charge is -1.90. The zero-order valence-corrected chi connectivity index (χ0v) is 6.97. The molecule has 0 radical (unpaired) electrons. The molecule has 0 aromatic rings. The maximum atomic E-state index is 8.79. The minimum atomic E-state index is 0.319. The van der Waals surface area contributed by atoms with Crippen LogP contribution in [0.2, 0.25) is 0 Å². The number of imidazole rings is 1. The Kier molecular flexibility index (Phi) is 1.78. The molecule has 0 aliphatic carbocycles. The van der Waals surface area contributed by atoms with Gasteiger partial charge in [0.2, 0.25) is 0 Å². The van der Waals surface area contributed by atoms with Crippen molar-refractivity contribution in [2.24, 2.45) is 0 Å². The van der Waals surface area contributed by atoms with Crippen molar-refractivity contribution >= 4 is 0 Å². The number of hydrogen-bond acceptors (Lipinski definition) is 5. The summed E-state index contributed by atoms with van der Waals surface area (Å²) >= 11 is 0. The van der Waals surface area contributed by atoms with Crippen LogP contribution in [0.25, 0.3) is 11.4 Å². The van der Waals surface area contributed by atoms with E-state index >= 15 is 0 Å². The van der Waals surface area contributed by atoms with Gasteiger partial charge in [-0.25, -0.2) is 9.97 Å². The molecule has 2 aliphatic rings. The van der Waals surface area contributed by atoms with Gasteiger partial charge < -0.3 is 0 Å². The molecule has 0 amide bonds. The molecule has 0 spiro atoms. The first-order valence-electron chi connectivity index (χ1n) is 3.75. The van der Waals surface area contributed by atoms with E-state index in [0.29, 0.717) is 22.5 Å².